The normalized spacial score (nSPS) is 17.8. The van der Waals surface area contributed by atoms with Gasteiger partial charge in [0.15, 0.2) is 0 Å². The van der Waals surface area contributed by atoms with E-state index in [1.807, 2.05) is 12.1 Å². The van der Waals surface area contributed by atoms with Crippen LogP contribution in [0.25, 0.3) is 0 Å². The van der Waals surface area contributed by atoms with Crippen molar-refractivity contribution in [2.75, 3.05) is 0 Å². The number of carboxylic acids is 1. The number of rotatable bonds is 5. The molecule has 0 aliphatic heterocycles. The summed E-state index contributed by atoms with van der Waals surface area (Å²) < 4.78 is 0. The highest BCUT2D eigenvalue weighted by Gasteiger charge is 2.25. The lowest BCUT2D eigenvalue weighted by Gasteiger charge is -2.17. The molecule has 1 unspecified atom stereocenters. The zero-order valence-electron chi connectivity index (χ0n) is 11.1. The van der Waals surface area contributed by atoms with E-state index < -0.39 is 5.97 Å². The summed E-state index contributed by atoms with van der Waals surface area (Å²) in [5.41, 5.74) is 2.39. The molecular weight excluding hydrogens is 224 g/mol. The summed E-state index contributed by atoms with van der Waals surface area (Å²) in [6, 6.07) is 8.12. The molecule has 1 aromatic carbocycles. The van der Waals surface area contributed by atoms with E-state index in [1.165, 1.54) is 36.8 Å². The Kier molecular flexibility index (Phi) is 4.40. The van der Waals surface area contributed by atoms with Gasteiger partial charge in [0, 0.05) is 0 Å². The Morgan fingerprint density at radius 3 is 2.61 bits per heavy atom. The van der Waals surface area contributed by atoms with Gasteiger partial charge in [-0.2, -0.15) is 0 Å². The van der Waals surface area contributed by atoms with E-state index in [0.29, 0.717) is 12.3 Å². The highest BCUT2D eigenvalue weighted by Crippen LogP contribution is 2.31. The van der Waals surface area contributed by atoms with Crippen LogP contribution < -0.4 is 0 Å². The Hall–Kier alpha value is -1.31. The van der Waals surface area contributed by atoms with E-state index in [0.717, 1.165) is 6.42 Å². The van der Waals surface area contributed by atoms with E-state index in [4.69, 9.17) is 0 Å². The fraction of sp³-hybridized carbons (Fsp3) is 0.562. The lowest BCUT2D eigenvalue weighted by Crippen LogP contribution is -2.19. The molecule has 98 valence electrons. The standard InChI is InChI=1S/C16H22O2/c1-12-6-2-5-9-14(12)11-15(16(17)18)10-13-7-3-4-8-13/h2,5-6,9,13,15H,3-4,7-8,10-11H2,1H3,(H,17,18). The van der Waals surface area contributed by atoms with Gasteiger partial charge < -0.3 is 5.11 Å². The molecule has 1 aliphatic carbocycles. The topological polar surface area (TPSA) is 37.3 Å². The van der Waals surface area contributed by atoms with E-state index in [-0.39, 0.29) is 5.92 Å². The highest BCUT2D eigenvalue weighted by atomic mass is 16.4. The van der Waals surface area contributed by atoms with Crippen LogP contribution in [0.3, 0.4) is 0 Å². The minimum atomic E-state index is -0.634. The maximum atomic E-state index is 11.4. The van der Waals surface area contributed by atoms with Crippen LogP contribution >= 0.6 is 0 Å². The number of benzene rings is 1. The Bertz CT molecular complexity index is 405. The number of hydrogen-bond donors (Lipinski definition) is 1. The molecule has 0 aromatic heterocycles. The molecule has 1 aromatic rings. The van der Waals surface area contributed by atoms with E-state index >= 15 is 0 Å². The van der Waals surface area contributed by atoms with Gasteiger partial charge in [-0.05, 0) is 36.8 Å². The first-order chi connectivity index (χ1) is 8.66. The van der Waals surface area contributed by atoms with Gasteiger partial charge in [-0.3, -0.25) is 4.79 Å². The van der Waals surface area contributed by atoms with E-state index in [2.05, 4.69) is 19.1 Å². The zero-order valence-corrected chi connectivity index (χ0v) is 11.1. The Morgan fingerprint density at radius 2 is 2.00 bits per heavy atom. The summed E-state index contributed by atoms with van der Waals surface area (Å²) in [5.74, 6) is -0.213. The lowest BCUT2D eigenvalue weighted by atomic mass is 9.87. The predicted molar refractivity (Wildman–Crippen MR) is 72.6 cm³/mol. The molecule has 1 saturated carbocycles. The number of aliphatic carboxylic acids is 1. The van der Waals surface area contributed by atoms with Crippen LogP contribution in [0.5, 0.6) is 0 Å². The number of carboxylic acid groups (broad SMARTS) is 1. The van der Waals surface area contributed by atoms with Crippen molar-refractivity contribution >= 4 is 5.97 Å². The van der Waals surface area contributed by atoms with Crippen molar-refractivity contribution in [3.05, 3.63) is 35.4 Å². The van der Waals surface area contributed by atoms with Gasteiger partial charge in [0.2, 0.25) is 0 Å². The maximum absolute atomic E-state index is 11.4. The van der Waals surface area contributed by atoms with Crippen LogP contribution in [0.4, 0.5) is 0 Å². The predicted octanol–water partition coefficient (Wildman–Crippen LogP) is 3.82. The second-order valence-corrected chi connectivity index (χ2v) is 5.55. The highest BCUT2D eigenvalue weighted by molar-refractivity contribution is 5.70. The molecule has 2 nitrogen and oxygen atoms in total. The second kappa shape index (κ2) is 6.03. The first-order valence-corrected chi connectivity index (χ1v) is 6.94. The maximum Gasteiger partial charge on any atom is 0.306 e. The van der Waals surface area contributed by atoms with Crippen LogP contribution in [0.1, 0.15) is 43.2 Å². The van der Waals surface area contributed by atoms with Gasteiger partial charge in [0.25, 0.3) is 0 Å². The van der Waals surface area contributed by atoms with Gasteiger partial charge >= 0.3 is 5.97 Å². The molecule has 1 fully saturated rings. The molecule has 0 heterocycles. The van der Waals surface area contributed by atoms with Crippen LogP contribution in [0.15, 0.2) is 24.3 Å². The van der Waals surface area contributed by atoms with Crippen molar-refractivity contribution < 1.29 is 9.90 Å². The summed E-state index contributed by atoms with van der Waals surface area (Å²) in [6.45, 7) is 2.06. The molecule has 0 saturated heterocycles. The first kappa shape index (κ1) is 13.1. The smallest absolute Gasteiger partial charge is 0.306 e. The minimum Gasteiger partial charge on any atom is -0.481 e. The van der Waals surface area contributed by atoms with Gasteiger partial charge in [0.05, 0.1) is 5.92 Å². The fourth-order valence-electron chi connectivity index (χ4n) is 3.02. The molecule has 2 heteroatoms. The van der Waals surface area contributed by atoms with Gasteiger partial charge in [-0.15, -0.1) is 0 Å². The molecule has 1 aliphatic rings. The van der Waals surface area contributed by atoms with E-state index in [9.17, 15) is 9.90 Å². The van der Waals surface area contributed by atoms with Gasteiger partial charge in [-0.1, -0.05) is 49.9 Å². The lowest BCUT2D eigenvalue weighted by molar-refractivity contribution is -0.142. The Labute approximate surface area is 109 Å². The van der Waals surface area contributed by atoms with Crippen molar-refractivity contribution in [3.8, 4) is 0 Å². The van der Waals surface area contributed by atoms with Gasteiger partial charge in [0.1, 0.15) is 0 Å². The van der Waals surface area contributed by atoms with E-state index in [1.54, 1.807) is 0 Å². The zero-order chi connectivity index (χ0) is 13.0. The second-order valence-electron chi connectivity index (χ2n) is 5.55. The number of carbonyl (C=O) groups is 1. The fourth-order valence-corrected chi connectivity index (χ4v) is 3.02. The van der Waals surface area contributed by atoms with Crippen molar-refractivity contribution in [1.29, 1.82) is 0 Å². The Balaban J connectivity index is 2.02. The van der Waals surface area contributed by atoms with Crippen molar-refractivity contribution in [3.63, 3.8) is 0 Å². The van der Waals surface area contributed by atoms with Crippen molar-refractivity contribution in [1.82, 2.24) is 0 Å². The van der Waals surface area contributed by atoms with Crippen LogP contribution in [0, 0.1) is 18.8 Å². The number of hydrogen-bond acceptors (Lipinski definition) is 1. The van der Waals surface area contributed by atoms with Crippen molar-refractivity contribution in [2.24, 2.45) is 11.8 Å². The summed E-state index contributed by atoms with van der Waals surface area (Å²) in [6.07, 6.45) is 6.53. The minimum absolute atomic E-state index is 0.214. The van der Waals surface area contributed by atoms with Gasteiger partial charge in [-0.25, -0.2) is 0 Å². The summed E-state index contributed by atoms with van der Waals surface area (Å²) in [7, 11) is 0. The average Bonchev–Trinajstić information content (AvgIpc) is 2.83. The van der Waals surface area contributed by atoms with Crippen LogP contribution in [-0.4, -0.2) is 11.1 Å². The third kappa shape index (κ3) is 3.34. The van der Waals surface area contributed by atoms with Crippen LogP contribution in [0.2, 0.25) is 0 Å². The Morgan fingerprint density at radius 1 is 1.33 bits per heavy atom. The quantitative estimate of drug-likeness (QED) is 0.857. The molecule has 0 spiro atoms. The largest absolute Gasteiger partial charge is 0.481 e. The van der Waals surface area contributed by atoms with Crippen LogP contribution in [-0.2, 0) is 11.2 Å². The average molecular weight is 246 g/mol. The van der Waals surface area contributed by atoms with Crippen molar-refractivity contribution in [2.45, 2.75) is 45.4 Å². The molecule has 0 radical (unpaired) electrons. The summed E-state index contributed by atoms with van der Waals surface area (Å²) >= 11 is 0. The summed E-state index contributed by atoms with van der Waals surface area (Å²) in [4.78, 5) is 11.4. The number of aryl methyl sites for hydroxylation is 1. The summed E-state index contributed by atoms with van der Waals surface area (Å²) in [5, 5.41) is 9.39. The molecular formula is C16H22O2. The third-order valence-corrected chi connectivity index (χ3v) is 4.17. The first-order valence-electron chi connectivity index (χ1n) is 6.94. The SMILES string of the molecule is Cc1ccccc1CC(CC1CCCC1)C(=O)O. The molecule has 18 heavy (non-hydrogen) atoms. The molecule has 1 N–H and O–H groups in total. The molecule has 2 rings (SSSR count). The monoisotopic (exact) mass is 246 g/mol. The molecule has 0 amide bonds. The third-order valence-electron chi connectivity index (χ3n) is 4.17. The molecule has 1 atom stereocenters. The molecule has 0 bridgehead atoms.